The van der Waals surface area contributed by atoms with E-state index in [0.29, 0.717) is 6.04 Å². The van der Waals surface area contributed by atoms with Crippen LogP contribution in [0.5, 0.6) is 0 Å². The van der Waals surface area contributed by atoms with Crippen molar-refractivity contribution in [1.29, 1.82) is 0 Å². The zero-order chi connectivity index (χ0) is 11.7. The predicted octanol–water partition coefficient (Wildman–Crippen LogP) is 3.14. The first-order valence-electron chi connectivity index (χ1n) is 6.12. The Kier molecular flexibility index (Phi) is 7.71. The molecule has 1 N–H and O–H groups in total. The maximum absolute atomic E-state index is 5.89. The lowest BCUT2D eigenvalue weighted by atomic mass is 9.89. The Morgan fingerprint density at radius 2 is 2.07 bits per heavy atom. The van der Waals surface area contributed by atoms with Crippen molar-refractivity contribution in [3.63, 3.8) is 0 Å². The van der Waals surface area contributed by atoms with Crippen molar-refractivity contribution in [2.24, 2.45) is 0 Å². The first kappa shape index (κ1) is 14.7. The van der Waals surface area contributed by atoms with E-state index >= 15 is 0 Å². The molecule has 0 spiro atoms. The van der Waals surface area contributed by atoms with E-state index < -0.39 is 0 Å². The van der Waals surface area contributed by atoms with Crippen LogP contribution >= 0.6 is 0 Å². The highest BCUT2D eigenvalue weighted by molar-refractivity contribution is 4.90. The first-order valence-corrected chi connectivity index (χ1v) is 6.12. The van der Waals surface area contributed by atoms with Crippen molar-refractivity contribution < 1.29 is 4.74 Å². The molecule has 0 heterocycles. The van der Waals surface area contributed by atoms with Crippen molar-refractivity contribution in [1.82, 2.24) is 5.32 Å². The Bertz CT molecular complexity index is 170. The van der Waals surface area contributed by atoms with Gasteiger partial charge in [0.15, 0.2) is 0 Å². The highest BCUT2D eigenvalue weighted by Crippen LogP contribution is 2.23. The lowest BCUT2D eigenvalue weighted by Gasteiger charge is -2.37. The molecule has 0 saturated heterocycles. The van der Waals surface area contributed by atoms with Crippen molar-refractivity contribution in [3.05, 3.63) is 12.7 Å². The molecule has 0 aromatic rings. The molecular formula is C13H27NO. The van der Waals surface area contributed by atoms with Gasteiger partial charge in [-0.2, -0.15) is 0 Å². The van der Waals surface area contributed by atoms with Crippen LogP contribution in [-0.4, -0.2) is 24.8 Å². The maximum Gasteiger partial charge on any atom is 0.0804 e. The molecule has 0 aliphatic heterocycles. The summed E-state index contributed by atoms with van der Waals surface area (Å²) in [6.07, 6.45) is 5.16. The average molecular weight is 213 g/mol. The molecule has 0 radical (unpaired) electrons. The third-order valence-corrected chi connectivity index (χ3v) is 3.02. The molecule has 0 saturated carbocycles. The quantitative estimate of drug-likeness (QED) is 0.594. The third-order valence-electron chi connectivity index (χ3n) is 3.02. The number of nitrogens with one attached hydrogen (secondary N) is 1. The van der Waals surface area contributed by atoms with Crippen LogP contribution in [0.2, 0.25) is 0 Å². The van der Waals surface area contributed by atoms with E-state index in [1.807, 2.05) is 6.08 Å². The number of rotatable bonds is 9. The van der Waals surface area contributed by atoms with Crippen LogP contribution < -0.4 is 5.32 Å². The Morgan fingerprint density at radius 1 is 1.40 bits per heavy atom. The highest BCUT2D eigenvalue weighted by Gasteiger charge is 2.31. The van der Waals surface area contributed by atoms with Gasteiger partial charge in [0.1, 0.15) is 0 Å². The molecule has 2 heteroatoms. The summed E-state index contributed by atoms with van der Waals surface area (Å²) < 4.78 is 5.89. The van der Waals surface area contributed by atoms with Crippen LogP contribution in [0.25, 0.3) is 0 Å². The van der Waals surface area contributed by atoms with Crippen LogP contribution in [0.3, 0.4) is 0 Å². The van der Waals surface area contributed by atoms with Crippen LogP contribution in [0.1, 0.15) is 47.0 Å². The van der Waals surface area contributed by atoms with Crippen molar-refractivity contribution >= 4 is 0 Å². The smallest absolute Gasteiger partial charge is 0.0804 e. The minimum absolute atomic E-state index is 0.0478. The monoisotopic (exact) mass is 213 g/mol. The number of allylic oxidation sites excluding steroid dienone is 1. The molecule has 15 heavy (non-hydrogen) atoms. The molecule has 0 aromatic heterocycles. The van der Waals surface area contributed by atoms with Gasteiger partial charge in [-0.25, -0.2) is 0 Å². The molecule has 2 unspecified atom stereocenters. The molecular weight excluding hydrogens is 186 g/mol. The van der Waals surface area contributed by atoms with E-state index in [2.05, 4.69) is 39.6 Å². The SMILES string of the molecule is C=CCCC(NCC)C(C)(CC)OCC. The lowest BCUT2D eigenvalue weighted by Crippen LogP contribution is -2.50. The van der Waals surface area contributed by atoms with Gasteiger partial charge in [0, 0.05) is 12.6 Å². The highest BCUT2D eigenvalue weighted by atomic mass is 16.5. The summed E-state index contributed by atoms with van der Waals surface area (Å²) >= 11 is 0. The Balaban J connectivity index is 4.43. The summed E-state index contributed by atoms with van der Waals surface area (Å²) in [7, 11) is 0. The molecule has 0 aromatic carbocycles. The van der Waals surface area contributed by atoms with Crippen LogP contribution in [0, 0.1) is 0 Å². The molecule has 0 bridgehead atoms. The first-order chi connectivity index (χ1) is 7.14. The number of hydrogen-bond acceptors (Lipinski definition) is 2. The van der Waals surface area contributed by atoms with E-state index in [1.165, 1.54) is 0 Å². The number of ether oxygens (including phenoxy) is 1. The van der Waals surface area contributed by atoms with Gasteiger partial charge in [-0.15, -0.1) is 6.58 Å². The van der Waals surface area contributed by atoms with Crippen LogP contribution in [-0.2, 0) is 4.74 Å². The fraction of sp³-hybridized carbons (Fsp3) is 0.846. The lowest BCUT2D eigenvalue weighted by molar-refractivity contribution is -0.0564. The molecule has 0 rings (SSSR count). The maximum atomic E-state index is 5.89. The van der Waals surface area contributed by atoms with Crippen molar-refractivity contribution in [3.8, 4) is 0 Å². The second-order valence-electron chi connectivity index (χ2n) is 4.08. The topological polar surface area (TPSA) is 21.3 Å². The summed E-state index contributed by atoms with van der Waals surface area (Å²) in [6, 6.07) is 0.422. The second kappa shape index (κ2) is 7.89. The van der Waals surface area contributed by atoms with Gasteiger partial charge >= 0.3 is 0 Å². The summed E-state index contributed by atoms with van der Waals surface area (Å²) in [5.41, 5.74) is -0.0478. The van der Waals surface area contributed by atoms with Gasteiger partial charge in [0.25, 0.3) is 0 Å². The average Bonchev–Trinajstić information content (AvgIpc) is 2.24. The van der Waals surface area contributed by atoms with Crippen molar-refractivity contribution in [2.45, 2.75) is 58.6 Å². The third kappa shape index (κ3) is 4.80. The standard InChI is InChI=1S/C13H27NO/c1-6-10-11-12(14-8-3)13(5,7-2)15-9-4/h6,12,14H,1,7-11H2,2-5H3. The molecule has 0 amide bonds. The number of likely N-dealkylation sites (N-methyl/N-ethyl adjacent to an activating group) is 1. The van der Waals surface area contributed by atoms with E-state index in [9.17, 15) is 0 Å². The Morgan fingerprint density at radius 3 is 2.47 bits per heavy atom. The molecule has 2 atom stereocenters. The molecule has 2 nitrogen and oxygen atoms in total. The van der Waals surface area contributed by atoms with E-state index in [4.69, 9.17) is 4.74 Å². The van der Waals surface area contributed by atoms with Crippen molar-refractivity contribution in [2.75, 3.05) is 13.2 Å². The van der Waals surface area contributed by atoms with Gasteiger partial charge in [0.05, 0.1) is 5.60 Å². The minimum atomic E-state index is -0.0478. The van der Waals surface area contributed by atoms with Gasteiger partial charge < -0.3 is 10.1 Å². The Hall–Kier alpha value is -0.340. The predicted molar refractivity (Wildman–Crippen MR) is 67.2 cm³/mol. The van der Waals surface area contributed by atoms with E-state index in [-0.39, 0.29) is 5.60 Å². The fourth-order valence-corrected chi connectivity index (χ4v) is 1.93. The summed E-state index contributed by atoms with van der Waals surface area (Å²) in [6.45, 7) is 14.1. The van der Waals surface area contributed by atoms with Gasteiger partial charge in [-0.3, -0.25) is 0 Å². The van der Waals surface area contributed by atoms with Crippen LogP contribution in [0.15, 0.2) is 12.7 Å². The second-order valence-corrected chi connectivity index (χ2v) is 4.08. The normalized spacial score (nSPS) is 17.1. The fourth-order valence-electron chi connectivity index (χ4n) is 1.93. The van der Waals surface area contributed by atoms with Gasteiger partial charge in [0.2, 0.25) is 0 Å². The zero-order valence-electron chi connectivity index (χ0n) is 10.8. The Labute approximate surface area is 95.1 Å². The summed E-state index contributed by atoms with van der Waals surface area (Å²) in [5.74, 6) is 0. The molecule has 0 fully saturated rings. The van der Waals surface area contributed by atoms with Crippen LogP contribution in [0.4, 0.5) is 0 Å². The van der Waals surface area contributed by atoms with E-state index in [1.54, 1.807) is 0 Å². The van der Waals surface area contributed by atoms with Gasteiger partial charge in [-0.05, 0) is 39.7 Å². The zero-order valence-corrected chi connectivity index (χ0v) is 10.8. The minimum Gasteiger partial charge on any atom is -0.374 e. The summed E-state index contributed by atoms with van der Waals surface area (Å²) in [4.78, 5) is 0. The summed E-state index contributed by atoms with van der Waals surface area (Å²) in [5, 5.41) is 3.52. The van der Waals surface area contributed by atoms with E-state index in [0.717, 1.165) is 32.4 Å². The largest absolute Gasteiger partial charge is 0.374 e. The number of hydrogen-bond donors (Lipinski definition) is 1. The molecule has 90 valence electrons. The van der Waals surface area contributed by atoms with Gasteiger partial charge in [-0.1, -0.05) is 19.9 Å². The molecule has 0 aliphatic rings. The molecule has 0 aliphatic carbocycles.